The van der Waals surface area contributed by atoms with E-state index in [0.29, 0.717) is 29.9 Å². The standard InChI is InChI=1S/C20H21ClN2O5S/c1-2-28-20(25)14-5-7-15(8-6-14)22-19(24)17-10-9-16(13-18(17)21)23-11-3-4-12-29(23,26)27/h5-10,13H,2-4,11-12H2,1H3,(H,22,24). The summed E-state index contributed by atoms with van der Waals surface area (Å²) >= 11 is 6.26. The lowest BCUT2D eigenvalue weighted by atomic mass is 10.1. The molecule has 2 aromatic rings. The third-order valence-corrected chi connectivity index (χ3v) is 6.67. The monoisotopic (exact) mass is 436 g/mol. The van der Waals surface area contributed by atoms with E-state index in [0.717, 1.165) is 6.42 Å². The SMILES string of the molecule is CCOC(=O)c1ccc(NC(=O)c2ccc(N3CCCCS3(=O)=O)cc2Cl)cc1. The Morgan fingerprint density at radius 1 is 1.14 bits per heavy atom. The van der Waals surface area contributed by atoms with Crippen molar-refractivity contribution in [1.29, 1.82) is 0 Å². The van der Waals surface area contributed by atoms with Crippen LogP contribution in [0.5, 0.6) is 0 Å². The van der Waals surface area contributed by atoms with E-state index in [4.69, 9.17) is 16.3 Å². The number of carbonyl (C=O) groups excluding carboxylic acids is 2. The zero-order valence-electron chi connectivity index (χ0n) is 15.9. The lowest BCUT2D eigenvalue weighted by Crippen LogP contribution is -2.37. The van der Waals surface area contributed by atoms with Crippen LogP contribution in [0.1, 0.15) is 40.5 Å². The first-order chi connectivity index (χ1) is 13.8. The van der Waals surface area contributed by atoms with E-state index in [2.05, 4.69) is 5.32 Å². The Morgan fingerprint density at radius 3 is 2.48 bits per heavy atom. The quantitative estimate of drug-likeness (QED) is 0.721. The van der Waals surface area contributed by atoms with Crippen molar-refractivity contribution in [2.75, 3.05) is 28.5 Å². The Bertz CT molecular complexity index is 1020. The van der Waals surface area contributed by atoms with Crippen molar-refractivity contribution in [1.82, 2.24) is 0 Å². The molecule has 0 saturated carbocycles. The average Bonchev–Trinajstić information content (AvgIpc) is 2.68. The highest BCUT2D eigenvalue weighted by atomic mass is 35.5. The van der Waals surface area contributed by atoms with Gasteiger partial charge in [0.2, 0.25) is 10.0 Å². The number of amides is 1. The second kappa shape index (κ2) is 8.84. The van der Waals surface area contributed by atoms with E-state index in [-0.39, 0.29) is 22.9 Å². The lowest BCUT2D eigenvalue weighted by Gasteiger charge is -2.28. The highest BCUT2D eigenvalue weighted by Gasteiger charge is 2.26. The molecule has 0 radical (unpaired) electrons. The first-order valence-corrected chi connectivity index (χ1v) is 11.2. The number of anilines is 2. The highest BCUT2D eigenvalue weighted by molar-refractivity contribution is 7.92. The van der Waals surface area contributed by atoms with Crippen molar-refractivity contribution in [2.24, 2.45) is 0 Å². The van der Waals surface area contributed by atoms with Gasteiger partial charge in [0.15, 0.2) is 0 Å². The molecule has 0 atom stereocenters. The summed E-state index contributed by atoms with van der Waals surface area (Å²) in [6.45, 7) is 2.41. The zero-order chi connectivity index (χ0) is 21.0. The second-order valence-electron chi connectivity index (χ2n) is 6.51. The molecule has 9 heteroatoms. The van der Waals surface area contributed by atoms with Crippen molar-refractivity contribution in [3.63, 3.8) is 0 Å². The number of esters is 1. The average molecular weight is 437 g/mol. The molecule has 3 rings (SSSR count). The highest BCUT2D eigenvalue weighted by Crippen LogP contribution is 2.28. The van der Waals surface area contributed by atoms with E-state index in [1.54, 1.807) is 37.3 Å². The molecule has 0 unspecified atom stereocenters. The summed E-state index contributed by atoms with van der Waals surface area (Å²) < 4.78 is 30.7. The van der Waals surface area contributed by atoms with Gasteiger partial charge in [-0.3, -0.25) is 9.10 Å². The molecule has 7 nitrogen and oxygen atoms in total. The molecule has 1 fully saturated rings. The minimum Gasteiger partial charge on any atom is -0.462 e. The normalized spacial score (nSPS) is 15.6. The van der Waals surface area contributed by atoms with Crippen LogP contribution >= 0.6 is 11.6 Å². The van der Waals surface area contributed by atoms with Crippen molar-refractivity contribution in [3.05, 3.63) is 58.6 Å². The van der Waals surface area contributed by atoms with E-state index in [1.807, 2.05) is 0 Å². The Kier molecular flexibility index (Phi) is 6.44. The van der Waals surface area contributed by atoms with Gasteiger partial charge >= 0.3 is 5.97 Å². The number of hydrogen-bond donors (Lipinski definition) is 1. The number of sulfonamides is 1. The molecule has 154 valence electrons. The van der Waals surface area contributed by atoms with Crippen LogP contribution < -0.4 is 9.62 Å². The van der Waals surface area contributed by atoms with Gasteiger partial charge < -0.3 is 10.1 Å². The smallest absolute Gasteiger partial charge is 0.338 e. The summed E-state index contributed by atoms with van der Waals surface area (Å²) in [5.74, 6) is -0.766. The number of benzene rings is 2. The van der Waals surface area contributed by atoms with Crippen LogP contribution in [0.15, 0.2) is 42.5 Å². The predicted octanol–water partition coefficient (Wildman–Crippen LogP) is 3.70. The van der Waals surface area contributed by atoms with Crippen molar-refractivity contribution < 1.29 is 22.7 Å². The van der Waals surface area contributed by atoms with Gasteiger partial charge in [-0.15, -0.1) is 0 Å². The molecule has 1 saturated heterocycles. The van der Waals surface area contributed by atoms with Crippen LogP contribution in [0, 0.1) is 0 Å². The summed E-state index contributed by atoms with van der Waals surface area (Å²) in [7, 11) is -3.35. The van der Waals surface area contributed by atoms with Gasteiger partial charge in [0, 0.05) is 12.2 Å². The van der Waals surface area contributed by atoms with Gasteiger partial charge in [-0.1, -0.05) is 11.6 Å². The fourth-order valence-electron chi connectivity index (χ4n) is 3.02. The molecule has 0 spiro atoms. The first-order valence-electron chi connectivity index (χ1n) is 9.20. The van der Waals surface area contributed by atoms with E-state index in [1.165, 1.54) is 16.4 Å². The lowest BCUT2D eigenvalue weighted by molar-refractivity contribution is 0.0526. The van der Waals surface area contributed by atoms with Crippen LogP contribution in [-0.2, 0) is 14.8 Å². The van der Waals surface area contributed by atoms with Gasteiger partial charge in [-0.2, -0.15) is 0 Å². The number of carbonyl (C=O) groups is 2. The summed E-state index contributed by atoms with van der Waals surface area (Å²) in [5, 5.41) is 2.86. The van der Waals surface area contributed by atoms with Gasteiger partial charge in [0.25, 0.3) is 5.91 Å². The molecule has 1 amide bonds. The van der Waals surface area contributed by atoms with Gasteiger partial charge in [-0.05, 0) is 62.2 Å². The molecule has 1 heterocycles. The predicted molar refractivity (Wildman–Crippen MR) is 112 cm³/mol. The maximum Gasteiger partial charge on any atom is 0.338 e. The van der Waals surface area contributed by atoms with Gasteiger partial charge in [-0.25, -0.2) is 13.2 Å². The van der Waals surface area contributed by atoms with E-state index < -0.39 is 21.9 Å². The Balaban J connectivity index is 1.74. The van der Waals surface area contributed by atoms with Crippen molar-refractivity contribution in [3.8, 4) is 0 Å². The number of ether oxygens (including phenoxy) is 1. The van der Waals surface area contributed by atoms with Crippen LogP contribution in [0.3, 0.4) is 0 Å². The minimum absolute atomic E-state index is 0.106. The van der Waals surface area contributed by atoms with Crippen molar-refractivity contribution >= 4 is 44.9 Å². The fraction of sp³-hybridized carbons (Fsp3) is 0.300. The Morgan fingerprint density at radius 2 is 1.86 bits per heavy atom. The molecule has 1 aliphatic rings. The molecule has 0 aliphatic carbocycles. The fourth-order valence-corrected chi connectivity index (χ4v) is 4.92. The largest absolute Gasteiger partial charge is 0.462 e. The summed E-state index contributed by atoms with van der Waals surface area (Å²) in [5.41, 5.74) is 1.54. The summed E-state index contributed by atoms with van der Waals surface area (Å²) in [6, 6.07) is 10.9. The topological polar surface area (TPSA) is 92.8 Å². The molecular formula is C20H21ClN2O5S. The number of hydrogen-bond acceptors (Lipinski definition) is 5. The Labute approximate surface area is 174 Å². The number of nitrogens with zero attached hydrogens (tertiary/aromatic N) is 1. The summed E-state index contributed by atoms with van der Waals surface area (Å²) in [4.78, 5) is 24.2. The molecule has 0 bridgehead atoms. The molecule has 29 heavy (non-hydrogen) atoms. The van der Waals surface area contributed by atoms with E-state index in [9.17, 15) is 18.0 Å². The first kappa shape index (κ1) is 21.1. The molecule has 1 aliphatic heterocycles. The Hall–Kier alpha value is -2.58. The van der Waals surface area contributed by atoms with E-state index >= 15 is 0 Å². The third kappa shape index (κ3) is 4.89. The molecule has 1 N–H and O–H groups in total. The summed E-state index contributed by atoms with van der Waals surface area (Å²) in [6.07, 6.45) is 1.42. The van der Waals surface area contributed by atoms with Gasteiger partial charge in [0.05, 0.1) is 34.2 Å². The molecule has 0 aromatic heterocycles. The maximum atomic E-state index is 12.6. The van der Waals surface area contributed by atoms with Crippen LogP contribution in [0.4, 0.5) is 11.4 Å². The van der Waals surface area contributed by atoms with Crippen LogP contribution in [0.2, 0.25) is 5.02 Å². The molecular weight excluding hydrogens is 416 g/mol. The van der Waals surface area contributed by atoms with Gasteiger partial charge in [0.1, 0.15) is 0 Å². The van der Waals surface area contributed by atoms with Crippen LogP contribution in [0.25, 0.3) is 0 Å². The maximum absolute atomic E-state index is 12.6. The third-order valence-electron chi connectivity index (χ3n) is 4.49. The van der Waals surface area contributed by atoms with Crippen molar-refractivity contribution in [2.45, 2.75) is 19.8 Å². The second-order valence-corrected chi connectivity index (χ2v) is 8.93. The number of halogens is 1. The minimum atomic E-state index is -3.35. The zero-order valence-corrected chi connectivity index (χ0v) is 17.4. The van der Waals surface area contributed by atoms with Crippen LogP contribution in [-0.4, -0.2) is 39.2 Å². The number of nitrogens with one attached hydrogen (secondary N) is 1. The molecule has 2 aromatic carbocycles. The number of rotatable bonds is 5.